The molecule has 0 saturated carbocycles. The molecule has 0 saturated heterocycles. The molecule has 0 amide bonds. The number of esters is 2. The summed E-state index contributed by atoms with van der Waals surface area (Å²) in [6.45, 7) is 10.5. The summed E-state index contributed by atoms with van der Waals surface area (Å²) in [5, 5.41) is 2.92. The van der Waals surface area contributed by atoms with Gasteiger partial charge in [0.1, 0.15) is 34.8 Å². The van der Waals surface area contributed by atoms with Gasteiger partial charge in [0, 0.05) is 5.56 Å². The van der Waals surface area contributed by atoms with Crippen LogP contribution in [0.25, 0.3) is 0 Å². The fraction of sp³-hybridized carbons (Fsp3) is 0.308. The molecule has 0 radical (unpaired) electrons. The second-order valence-electron chi connectivity index (χ2n) is 8.44. The van der Waals surface area contributed by atoms with Crippen LogP contribution in [-0.2, 0) is 19.1 Å². The van der Waals surface area contributed by atoms with Crippen LogP contribution in [0, 0.1) is 5.82 Å². The first-order chi connectivity index (χ1) is 16.5. The molecule has 2 rings (SSSR count). The van der Waals surface area contributed by atoms with E-state index in [0.717, 1.165) is 0 Å². The fourth-order valence-electron chi connectivity index (χ4n) is 2.77. The number of carbonyl (C=O) groups excluding carboxylic acids is 2. The van der Waals surface area contributed by atoms with Gasteiger partial charge in [-0.2, -0.15) is 0 Å². The smallest absolute Gasteiger partial charge is 0.328 e. The highest BCUT2D eigenvalue weighted by Gasteiger charge is 2.17. The second kappa shape index (κ2) is 12.5. The van der Waals surface area contributed by atoms with Crippen LogP contribution >= 0.6 is 0 Å². The van der Waals surface area contributed by atoms with E-state index in [0.29, 0.717) is 17.1 Å². The van der Waals surface area contributed by atoms with E-state index in [1.807, 2.05) is 0 Å². The minimum atomic E-state index is -0.730. The first kappa shape index (κ1) is 27.2. The zero-order chi connectivity index (χ0) is 26.0. The number of aliphatic imine (C=N–C) groups is 2. The average molecular weight is 484 g/mol. The van der Waals surface area contributed by atoms with Crippen molar-refractivity contribution in [1.29, 1.82) is 0 Å². The van der Waals surface area contributed by atoms with Gasteiger partial charge in [0.2, 0.25) is 0 Å². The lowest BCUT2D eigenvalue weighted by Crippen LogP contribution is -2.34. The predicted molar refractivity (Wildman–Crippen MR) is 132 cm³/mol. The van der Waals surface area contributed by atoms with E-state index in [-0.39, 0.29) is 23.9 Å². The molecular weight excluding hydrogens is 453 g/mol. The third-order valence-corrected chi connectivity index (χ3v) is 4.34. The average Bonchev–Trinajstić information content (AvgIpc) is 2.81. The molecule has 8 nitrogen and oxygen atoms in total. The first-order valence-corrected chi connectivity index (χ1v) is 10.9. The molecule has 0 aromatic heterocycles. The minimum absolute atomic E-state index is 0.0775. The number of amidine groups is 1. The minimum Gasteiger partial charge on any atom is -0.467 e. The Morgan fingerprint density at radius 1 is 1.09 bits per heavy atom. The van der Waals surface area contributed by atoms with Crippen molar-refractivity contribution in [3.05, 3.63) is 71.8 Å². The van der Waals surface area contributed by atoms with Gasteiger partial charge in [-0.1, -0.05) is 0 Å². The molecule has 9 heteroatoms. The van der Waals surface area contributed by atoms with Gasteiger partial charge in [-0.3, -0.25) is 4.79 Å². The second-order valence-corrected chi connectivity index (χ2v) is 8.44. The third kappa shape index (κ3) is 9.40. The molecule has 0 aliphatic rings. The summed E-state index contributed by atoms with van der Waals surface area (Å²) < 4.78 is 28.9. The van der Waals surface area contributed by atoms with Crippen molar-refractivity contribution in [3.8, 4) is 11.5 Å². The van der Waals surface area contributed by atoms with Gasteiger partial charge in [0.15, 0.2) is 5.84 Å². The highest BCUT2D eigenvalue weighted by Crippen LogP contribution is 2.22. The van der Waals surface area contributed by atoms with Crippen LogP contribution in [0.2, 0.25) is 0 Å². The number of nitrogens with zero attached hydrogens (tertiary/aromatic N) is 2. The van der Waals surface area contributed by atoms with Gasteiger partial charge in [0.05, 0.1) is 13.5 Å². The molecule has 0 bridgehead atoms. The predicted octanol–water partition coefficient (Wildman–Crippen LogP) is 4.79. The Morgan fingerprint density at radius 2 is 1.66 bits per heavy atom. The highest BCUT2D eigenvalue weighted by molar-refractivity contribution is 6.02. The van der Waals surface area contributed by atoms with Gasteiger partial charge < -0.3 is 19.5 Å². The van der Waals surface area contributed by atoms with Crippen LogP contribution in [0.5, 0.6) is 11.5 Å². The summed E-state index contributed by atoms with van der Waals surface area (Å²) >= 11 is 0. The van der Waals surface area contributed by atoms with E-state index in [9.17, 15) is 14.0 Å². The van der Waals surface area contributed by atoms with Crippen LogP contribution in [0.1, 0.15) is 39.7 Å². The monoisotopic (exact) mass is 483 g/mol. The standard InChI is InChI=1S/C26H30FN3O5/c1-17(25(32)33-6)29-22(15-16-23(31)35-26(2,3)4)30-24(28-5)18-7-11-20(12-8-18)34-21-13-9-19(27)10-14-21/h7-15,17,29H,5,16H2,1-4,6H3/b22-15-,30-24-/t17-/m0/s1. The molecule has 1 atom stereocenters. The van der Waals surface area contributed by atoms with E-state index in [1.54, 1.807) is 52.0 Å². The number of hydrogen-bond donors (Lipinski definition) is 1. The zero-order valence-electron chi connectivity index (χ0n) is 20.5. The summed E-state index contributed by atoms with van der Waals surface area (Å²) in [6.07, 6.45) is 1.43. The van der Waals surface area contributed by atoms with E-state index >= 15 is 0 Å². The van der Waals surface area contributed by atoms with E-state index in [4.69, 9.17) is 14.2 Å². The molecule has 0 aliphatic carbocycles. The molecule has 2 aromatic carbocycles. The van der Waals surface area contributed by atoms with E-state index < -0.39 is 23.6 Å². The normalized spacial score (nSPS) is 13.0. The molecule has 0 heterocycles. The zero-order valence-corrected chi connectivity index (χ0v) is 20.5. The molecule has 35 heavy (non-hydrogen) atoms. The molecule has 186 valence electrons. The van der Waals surface area contributed by atoms with Crippen LogP contribution in [-0.4, -0.2) is 43.2 Å². The van der Waals surface area contributed by atoms with Crippen molar-refractivity contribution in [1.82, 2.24) is 5.32 Å². The largest absolute Gasteiger partial charge is 0.467 e. The number of halogens is 1. The van der Waals surface area contributed by atoms with Crippen molar-refractivity contribution in [3.63, 3.8) is 0 Å². The maximum Gasteiger partial charge on any atom is 0.328 e. The number of carbonyl (C=O) groups is 2. The van der Waals surface area contributed by atoms with Crippen molar-refractivity contribution in [2.45, 2.75) is 45.8 Å². The molecule has 0 unspecified atom stereocenters. The summed E-state index contributed by atoms with van der Waals surface area (Å²) in [4.78, 5) is 32.5. The number of ether oxygens (including phenoxy) is 3. The number of methoxy groups -OCH3 is 1. The summed E-state index contributed by atoms with van der Waals surface area (Å²) in [6, 6.07) is 11.8. The Hall–Kier alpha value is -4.01. The van der Waals surface area contributed by atoms with E-state index in [1.165, 1.54) is 37.5 Å². The maximum atomic E-state index is 13.1. The van der Waals surface area contributed by atoms with Crippen molar-refractivity contribution < 1.29 is 28.2 Å². The van der Waals surface area contributed by atoms with Gasteiger partial charge in [0.25, 0.3) is 0 Å². The first-order valence-electron chi connectivity index (χ1n) is 10.9. The number of benzene rings is 2. The molecule has 1 N–H and O–H groups in total. The summed E-state index contributed by atoms with van der Waals surface area (Å²) in [7, 11) is 1.28. The topological polar surface area (TPSA) is 98.6 Å². The Kier molecular flexibility index (Phi) is 9.69. The molecule has 2 aromatic rings. The molecule has 0 spiro atoms. The van der Waals surface area contributed by atoms with Gasteiger partial charge in [-0.05, 0) is 89.0 Å². The molecular formula is C26H30FN3O5. The van der Waals surface area contributed by atoms with Crippen molar-refractivity contribution >= 4 is 24.5 Å². The van der Waals surface area contributed by atoms with E-state index in [2.05, 4.69) is 22.0 Å². The van der Waals surface area contributed by atoms with Crippen molar-refractivity contribution in [2.75, 3.05) is 7.11 Å². The van der Waals surface area contributed by atoms with Gasteiger partial charge in [-0.25, -0.2) is 19.2 Å². The van der Waals surface area contributed by atoms with Crippen LogP contribution in [0.15, 0.2) is 70.4 Å². The summed E-state index contributed by atoms with van der Waals surface area (Å²) in [5.74, 6) is 0.189. The van der Waals surface area contributed by atoms with Crippen LogP contribution in [0.3, 0.4) is 0 Å². The highest BCUT2D eigenvalue weighted by atomic mass is 19.1. The lowest BCUT2D eigenvalue weighted by Gasteiger charge is -2.19. The Bertz CT molecular complexity index is 1090. The van der Waals surface area contributed by atoms with Crippen LogP contribution < -0.4 is 10.1 Å². The third-order valence-electron chi connectivity index (χ3n) is 4.34. The summed E-state index contributed by atoms with van der Waals surface area (Å²) in [5.41, 5.74) is -0.0192. The van der Waals surface area contributed by atoms with Gasteiger partial charge in [-0.15, -0.1) is 0 Å². The SMILES string of the molecule is C=N/C(=N\C(=C/CC(=O)OC(C)(C)C)N[C@@H](C)C(=O)OC)c1ccc(Oc2ccc(F)cc2)cc1. The number of hydrogen-bond acceptors (Lipinski definition) is 7. The maximum absolute atomic E-state index is 13.1. The number of nitrogens with one attached hydrogen (secondary N) is 1. The van der Waals surface area contributed by atoms with Crippen molar-refractivity contribution in [2.24, 2.45) is 9.98 Å². The Balaban J connectivity index is 2.26. The van der Waals surface area contributed by atoms with Gasteiger partial charge >= 0.3 is 11.9 Å². The molecule has 0 fully saturated rings. The van der Waals surface area contributed by atoms with Crippen LogP contribution in [0.4, 0.5) is 4.39 Å². The number of rotatable bonds is 9. The Morgan fingerprint density at radius 3 is 2.17 bits per heavy atom. The lowest BCUT2D eigenvalue weighted by molar-refractivity contribution is -0.153. The fourth-order valence-corrected chi connectivity index (χ4v) is 2.77. The Labute approximate surface area is 204 Å². The quantitative estimate of drug-likeness (QED) is 0.313. The molecule has 0 aliphatic heterocycles. The lowest BCUT2D eigenvalue weighted by atomic mass is 10.2.